The molecule has 120 valence electrons. The number of aliphatic hydroxyl groups is 1. The molecule has 0 aromatic heterocycles. The van der Waals surface area contributed by atoms with E-state index in [1.54, 1.807) is 0 Å². The van der Waals surface area contributed by atoms with E-state index >= 15 is 0 Å². The molecule has 0 fully saturated rings. The van der Waals surface area contributed by atoms with Crippen LogP contribution in [0.5, 0.6) is 5.75 Å². The number of hydrogen-bond donors (Lipinski definition) is 1. The maximum Gasteiger partial charge on any atom is 0.192 e. The molecule has 0 atom stereocenters. The maximum atomic E-state index is 9.28. The second-order valence-corrected chi connectivity index (χ2v) is 12.5. The lowest BCUT2D eigenvalue weighted by atomic mass is 10.1. The highest BCUT2D eigenvalue weighted by molar-refractivity contribution is 6.74. The van der Waals surface area contributed by atoms with E-state index in [0.29, 0.717) is 6.61 Å². The van der Waals surface area contributed by atoms with Crippen LogP contribution in [0.4, 0.5) is 0 Å². The highest BCUT2D eigenvalue weighted by Gasteiger charge is 2.37. The first kappa shape index (κ1) is 18.2. The Labute approximate surface area is 130 Å². The van der Waals surface area contributed by atoms with Crippen molar-refractivity contribution in [1.82, 2.24) is 0 Å². The zero-order valence-corrected chi connectivity index (χ0v) is 15.5. The van der Waals surface area contributed by atoms with Gasteiger partial charge in [-0.25, -0.2) is 0 Å². The molecule has 4 heteroatoms. The van der Waals surface area contributed by atoms with Crippen LogP contribution < -0.4 is 4.74 Å². The van der Waals surface area contributed by atoms with Gasteiger partial charge in [0.05, 0.1) is 13.2 Å². The second kappa shape index (κ2) is 6.51. The minimum Gasteiger partial charge on any atom is -0.485 e. The maximum absolute atomic E-state index is 9.28. The fourth-order valence-electron chi connectivity index (χ4n) is 1.53. The summed E-state index contributed by atoms with van der Waals surface area (Å²) in [7, 11) is -1.74. The Kier molecular flexibility index (Phi) is 5.64. The molecule has 1 N–H and O–H groups in total. The van der Waals surface area contributed by atoms with E-state index in [-0.39, 0.29) is 11.6 Å². The van der Waals surface area contributed by atoms with Crippen molar-refractivity contribution < 1.29 is 14.3 Å². The lowest BCUT2D eigenvalue weighted by Crippen LogP contribution is -2.40. The first-order chi connectivity index (χ1) is 9.47. The molecule has 0 saturated carbocycles. The average Bonchev–Trinajstić information content (AvgIpc) is 2.35. The summed E-state index contributed by atoms with van der Waals surface area (Å²) in [6.45, 7) is 15.5. The molecule has 21 heavy (non-hydrogen) atoms. The number of benzene rings is 1. The van der Waals surface area contributed by atoms with Crippen LogP contribution in [0.15, 0.2) is 24.3 Å². The van der Waals surface area contributed by atoms with Crippen LogP contribution in [-0.4, -0.2) is 25.6 Å². The molecule has 3 nitrogen and oxygen atoms in total. The Morgan fingerprint density at radius 1 is 1.10 bits per heavy atom. The predicted octanol–water partition coefficient (Wildman–Crippen LogP) is 4.36. The molecule has 1 aromatic rings. The number of rotatable bonds is 6. The van der Waals surface area contributed by atoms with Crippen LogP contribution in [0.1, 0.15) is 40.2 Å². The highest BCUT2D eigenvalue weighted by Crippen LogP contribution is 2.37. The normalized spacial score (nSPS) is 13.3. The van der Waals surface area contributed by atoms with E-state index < -0.39 is 13.9 Å². The zero-order valence-electron chi connectivity index (χ0n) is 14.5. The molecule has 0 unspecified atom stereocenters. The van der Waals surface area contributed by atoms with E-state index in [4.69, 9.17) is 9.16 Å². The first-order valence-corrected chi connectivity index (χ1v) is 10.4. The monoisotopic (exact) mass is 310 g/mol. The van der Waals surface area contributed by atoms with Crippen LogP contribution in [0, 0.1) is 0 Å². The summed E-state index contributed by atoms with van der Waals surface area (Å²) in [6, 6.07) is 7.91. The third kappa shape index (κ3) is 5.45. The van der Waals surface area contributed by atoms with Gasteiger partial charge in [-0.3, -0.25) is 0 Å². The van der Waals surface area contributed by atoms with Crippen LogP contribution in [-0.2, 0) is 11.0 Å². The van der Waals surface area contributed by atoms with Crippen molar-refractivity contribution in [1.29, 1.82) is 0 Å². The smallest absolute Gasteiger partial charge is 0.192 e. The Morgan fingerprint density at radius 2 is 1.71 bits per heavy atom. The Balaban J connectivity index is 2.74. The summed E-state index contributed by atoms with van der Waals surface area (Å²) < 4.78 is 12.0. The molecule has 1 rings (SSSR count). The van der Waals surface area contributed by atoms with Gasteiger partial charge in [-0.1, -0.05) is 32.9 Å². The lowest BCUT2D eigenvalue weighted by molar-refractivity contribution is 0.0411. The van der Waals surface area contributed by atoms with Crippen LogP contribution in [0.25, 0.3) is 0 Å². The van der Waals surface area contributed by atoms with Gasteiger partial charge in [0, 0.05) is 0 Å². The molecule has 0 aliphatic heterocycles. The van der Waals surface area contributed by atoms with Crippen molar-refractivity contribution in [2.24, 2.45) is 0 Å². The predicted molar refractivity (Wildman–Crippen MR) is 90.2 cm³/mol. The van der Waals surface area contributed by atoms with E-state index in [2.05, 4.69) is 33.9 Å². The molecule has 0 aliphatic carbocycles. The van der Waals surface area contributed by atoms with Gasteiger partial charge in [0.15, 0.2) is 8.32 Å². The standard InChI is InChI=1S/C17H30O3Si/c1-16(2,3)21(6,7)19-12-14-9-8-10-15(11-14)20-17(4,5)13-18/h8-11,18H,12-13H2,1-7H3. The molecule has 1 aromatic carbocycles. The van der Waals surface area contributed by atoms with Crippen molar-refractivity contribution in [3.8, 4) is 5.75 Å². The fourth-order valence-corrected chi connectivity index (χ4v) is 2.49. The Hall–Kier alpha value is -0.843. The summed E-state index contributed by atoms with van der Waals surface area (Å²) in [4.78, 5) is 0. The van der Waals surface area contributed by atoms with Gasteiger partial charge in [0.2, 0.25) is 0 Å². The second-order valence-electron chi connectivity index (χ2n) is 7.72. The summed E-state index contributed by atoms with van der Waals surface area (Å²) in [5.41, 5.74) is 0.532. The fraction of sp³-hybridized carbons (Fsp3) is 0.647. The summed E-state index contributed by atoms with van der Waals surface area (Å²) in [5, 5.41) is 9.49. The zero-order chi connectivity index (χ0) is 16.3. The topological polar surface area (TPSA) is 38.7 Å². The van der Waals surface area contributed by atoms with Gasteiger partial charge >= 0.3 is 0 Å². The van der Waals surface area contributed by atoms with Crippen molar-refractivity contribution in [3.05, 3.63) is 29.8 Å². The minimum absolute atomic E-state index is 0.0162. The van der Waals surface area contributed by atoms with E-state index in [1.807, 2.05) is 38.1 Å². The highest BCUT2D eigenvalue weighted by atomic mass is 28.4. The third-order valence-corrected chi connectivity index (χ3v) is 8.56. The largest absolute Gasteiger partial charge is 0.485 e. The van der Waals surface area contributed by atoms with Gasteiger partial charge in [-0.05, 0) is 49.7 Å². The molecular formula is C17H30O3Si. The van der Waals surface area contributed by atoms with Crippen molar-refractivity contribution in [2.75, 3.05) is 6.61 Å². The van der Waals surface area contributed by atoms with Crippen LogP contribution >= 0.6 is 0 Å². The number of ether oxygens (including phenoxy) is 1. The van der Waals surface area contributed by atoms with Crippen molar-refractivity contribution in [3.63, 3.8) is 0 Å². The molecule has 0 amide bonds. The molecule has 0 aliphatic rings. The van der Waals surface area contributed by atoms with Crippen molar-refractivity contribution >= 4 is 8.32 Å². The lowest BCUT2D eigenvalue weighted by Gasteiger charge is -2.36. The molecule has 0 bridgehead atoms. The van der Waals surface area contributed by atoms with Gasteiger partial charge in [-0.15, -0.1) is 0 Å². The van der Waals surface area contributed by atoms with Crippen LogP contribution in [0.3, 0.4) is 0 Å². The summed E-state index contributed by atoms with van der Waals surface area (Å²) >= 11 is 0. The quantitative estimate of drug-likeness (QED) is 0.794. The van der Waals surface area contributed by atoms with Gasteiger partial charge in [0.25, 0.3) is 0 Å². The summed E-state index contributed by atoms with van der Waals surface area (Å²) in [5.74, 6) is 0.769. The molecule has 0 radical (unpaired) electrons. The van der Waals surface area contributed by atoms with Gasteiger partial charge in [-0.2, -0.15) is 0 Å². The number of aliphatic hydroxyl groups excluding tert-OH is 1. The van der Waals surface area contributed by atoms with Crippen molar-refractivity contribution in [2.45, 2.75) is 65.0 Å². The molecule has 0 heterocycles. The van der Waals surface area contributed by atoms with E-state index in [1.165, 1.54) is 0 Å². The first-order valence-electron chi connectivity index (χ1n) is 7.50. The van der Waals surface area contributed by atoms with E-state index in [9.17, 15) is 5.11 Å². The van der Waals surface area contributed by atoms with E-state index in [0.717, 1.165) is 11.3 Å². The third-order valence-electron chi connectivity index (χ3n) is 4.08. The SMILES string of the molecule is CC(C)(CO)Oc1cccc(CO[Si](C)(C)C(C)(C)C)c1. The van der Waals surface area contributed by atoms with Gasteiger partial charge < -0.3 is 14.3 Å². The molecular weight excluding hydrogens is 280 g/mol. The Bertz CT molecular complexity index is 461. The summed E-state index contributed by atoms with van der Waals surface area (Å²) in [6.07, 6.45) is 0. The average molecular weight is 311 g/mol. The number of hydrogen-bond acceptors (Lipinski definition) is 3. The van der Waals surface area contributed by atoms with Gasteiger partial charge in [0.1, 0.15) is 11.4 Å². The van der Waals surface area contributed by atoms with Crippen LogP contribution in [0.2, 0.25) is 18.1 Å². The minimum atomic E-state index is -1.74. The molecule has 0 spiro atoms. The molecule has 0 saturated heterocycles. The Morgan fingerprint density at radius 3 is 2.24 bits per heavy atom.